The predicted molar refractivity (Wildman–Crippen MR) is 97.1 cm³/mol. The first-order valence-corrected chi connectivity index (χ1v) is 8.36. The summed E-state index contributed by atoms with van der Waals surface area (Å²) in [6.45, 7) is 2.58. The summed E-state index contributed by atoms with van der Waals surface area (Å²) < 4.78 is 11.6. The molecule has 0 bridgehead atoms. The number of primary amides is 1. The van der Waals surface area contributed by atoms with Crippen LogP contribution in [0.15, 0.2) is 46.9 Å². The van der Waals surface area contributed by atoms with E-state index in [9.17, 15) is 4.79 Å². The number of nitrogens with two attached hydrogens (primary N) is 1. The first-order valence-electron chi connectivity index (χ1n) is 7.57. The molecule has 0 aliphatic heterocycles. The van der Waals surface area contributed by atoms with Crippen molar-refractivity contribution < 1.29 is 14.3 Å². The molecule has 6 heteroatoms. The van der Waals surface area contributed by atoms with Crippen LogP contribution >= 0.6 is 15.9 Å². The summed E-state index contributed by atoms with van der Waals surface area (Å²) in [7, 11) is 1.56. The lowest BCUT2D eigenvalue weighted by atomic mass is 10.1. The average Bonchev–Trinajstić information content (AvgIpc) is 2.59. The number of methoxy groups -OCH3 is 1. The Hall–Kier alpha value is -2.05. The van der Waals surface area contributed by atoms with Gasteiger partial charge in [0.05, 0.1) is 7.11 Å². The monoisotopic (exact) mass is 392 g/mol. The van der Waals surface area contributed by atoms with Crippen molar-refractivity contribution in [2.24, 2.45) is 5.73 Å². The number of carbonyl (C=O) groups excluding carboxylic acids is 1. The summed E-state index contributed by atoms with van der Waals surface area (Å²) in [6, 6.07) is 14.1. The van der Waals surface area contributed by atoms with Crippen LogP contribution in [0.3, 0.4) is 0 Å². The highest BCUT2D eigenvalue weighted by atomic mass is 79.9. The third-order valence-electron chi connectivity index (χ3n) is 3.60. The summed E-state index contributed by atoms with van der Waals surface area (Å²) in [6.07, 6.45) is 0. The van der Waals surface area contributed by atoms with Gasteiger partial charge in [0.25, 0.3) is 5.91 Å². The minimum atomic E-state index is -0.532. The van der Waals surface area contributed by atoms with Crippen molar-refractivity contribution in [3.63, 3.8) is 0 Å². The Morgan fingerprint density at radius 3 is 2.58 bits per heavy atom. The van der Waals surface area contributed by atoms with Crippen molar-refractivity contribution in [3.05, 3.63) is 58.1 Å². The zero-order valence-corrected chi connectivity index (χ0v) is 15.3. The Morgan fingerprint density at radius 2 is 1.96 bits per heavy atom. The molecule has 24 heavy (non-hydrogen) atoms. The fraction of sp³-hybridized carbons (Fsp3) is 0.278. The van der Waals surface area contributed by atoms with Gasteiger partial charge >= 0.3 is 0 Å². The van der Waals surface area contributed by atoms with Gasteiger partial charge in [0.1, 0.15) is 0 Å². The fourth-order valence-corrected chi connectivity index (χ4v) is 2.72. The van der Waals surface area contributed by atoms with E-state index < -0.39 is 5.91 Å². The number of halogens is 1. The maximum atomic E-state index is 10.9. The lowest BCUT2D eigenvalue weighted by molar-refractivity contribution is -0.119. The maximum absolute atomic E-state index is 10.9. The maximum Gasteiger partial charge on any atom is 0.255 e. The topological polar surface area (TPSA) is 73.6 Å². The third kappa shape index (κ3) is 4.97. The molecule has 0 unspecified atom stereocenters. The first kappa shape index (κ1) is 18.3. The Labute approximate surface area is 150 Å². The Kier molecular flexibility index (Phi) is 6.63. The molecule has 2 aromatic rings. The van der Waals surface area contributed by atoms with Crippen LogP contribution in [0, 0.1) is 0 Å². The molecule has 3 N–H and O–H groups in total. The number of amides is 1. The summed E-state index contributed by atoms with van der Waals surface area (Å²) >= 11 is 3.53. The minimum Gasteiger partial charge on any atom is -0.493 e. The molecule has 0 aliphatic rings. The molecule has 0 spiro atoms. The molecule has 5 nitrogen and oxygen atoms in total. The molecule has 1 atom stereocenters. The number of benzene rings is 2. The van der Waals surface area contributed by atoms with Gasteiger partial charge in [0, 0.05) is 17.1 Å². The third-order valence-corrected chi connectivity index (χ3v) is 4.34. The van der Waals surface area contributed by atoms with Crippen molar-refractivity contribution in [1.29, 1.82) is 0 Å². The summed E-state index contributed by atoms with van der Waals surface area (Å²) in [5, 5.41) is 3.48. The van der Waals surface area contributed by atoms with Crippen LogP contribution in [0.1, 0.15) is 24.1 Å². The smallest absolute Gasteiger partial charge is 0.255 e. The second kappa shape index (κ2) is 8.70. The summed E-state index contributed by atoms with van der Waals surface area (Å²) in [5.41, 5.74) is 7.36. The molecule has 0 saturated carbocycles. The van der Waals surface area contributed by atoms with Crippen LogP contribution < -0.4 is 20.5 Å². The molecular weight excluding hydrogens is 372 g/mol. The van der Waals surface area contributed by atoms with Gasteiger partial charge in [0.15, 0.2) is 18.1 Å². The van der Waals surface area contributed by atoms with Crippen LogP contribution in [-0.4, -0.2) is 19.6 Å². The molecule has 0 heterocycles. The number of carbonyl (C=O) groups is 1. The van der Waals surface area contributed by atoms with Gasteiger partial charge in [-0.2, -0.15) is 0 Å². The average molecular weight is 393 g/mol. The molecule has 2 rings (SSSR count). The van der Waals surface area contributed by atoms with Crippen LogP contribution in [-0.2, 0) is 11.3 Å². The lowest BCUT2D eigenvalue weighted by Crippen LogP contribution is -2.20. The van der Waals surface area contributed by atoms with Gasteiger partial charge in [-0.1, -0.05) is 46.3 Å². The second-order valence-corrected chi connectivity index (χ2v) is 6.22. The molecule has 0 aliphatic carbocycles. The van der Waals surface area contributed by atoms with Gasteiger partial charge in [0.2, 0.25) is 0 Å². The molecule has 0 saturated heterocycles. The van der Waals surface area contributed by atoms with E-state index in [1.165, 1.54) is 5.56 Å². The largest absolute Gasteiger partial charge is 0.493 e. The Morgan fingerprint density at radius 1 is 1.25 bits per heavy atom. The second-order valence-electron chi connectivity index (χ2n) is 5.36. The number of nitrogens with one attached hydrogen (secondary N) is 1. The summed E-state index contributed by atoms with van der Waals surface area (Å²) in [5.74, 6) is 0.502. The van der Waals surface area contributed by atoms with E-state index >= 15 is 0 Å². The number of ether oxygens (including phenoxy) is 2. The number of rotatable bonds is 8. The van der Waals surface area contributed by atoms with Crippen molar-refractivity contribution >= 4 is 21.8 Å². The molecule has 2 aromatic carbocycles. The van der Waals surface area contributed by atoms with Gasteiger partial charge in [-0.05, 0) is 30.2 Å². The van der Waals surface area contributed by atoms with Crippen molar-refractivity contribution in [2.75, 3.05) is 13.7 Å². The number of hydrogen-bond acceptors (Lipinski definition) is 4. The Balaban J connectivity index is 2.08. The highest BCUT2D eigenvalue weighted by Crippen LogP contribution is 2.33. The standard InChI is InChI=1S/C18H21BrN2O3/c1-12(13-6-4-3-5-7-13)21-10-14-8-16(23-2)17(9-15(14)19)24-11-18(20)22/h3-9,12,21H,10-11H2,1-2H3,(H2,20,22)/t12-/m0/s1. The normalized spacial score (nSPS) is 11.8. The van der Waals surface area contributed by atoms with E-state index in [0.29, 0.717) is 18.0 Å². The van der Waals surface area contributed by atoms with E-state index in [0.717, 1.165) is 10.0 Å². The summed E-state index contributed by atoms with van der Waals surface area (Å²) in [4.78, 5) is 10.9. The van der Waals surface area contributed by atoms with Crippen molar-refractivity contribution in [3.8, 4) is 11.5 Å². The molecule has 0 aromatic heterocycles. The molecule has 0 fully saturated rings. The highest BCUT2D eigenvalue weighted by Gasteiger charge is 2.12. The van der Waals surface area contributed by atoms with Crippen LogP contribution in [0.25, 0.3) is 0 Å². The quantitative estimate of drug-likeness (QED) is 0.723. The molecular formula is C18H21BrN2O3. The SMILES string of the molecule is COc1cc(CN[C@@H](C)c2ccccc2)c(Br)cc1OCC(N)=O. The van der Waals surface area contributed by atoms with E-state index in [-0.39, 0.29) is 12.6 Å². The van der Waals surface area contributed by atoms with E-state index in [1.54, 1.807) is 13.2 Å². The van der Waals surface area contributed by atoms with Crippen LogP contribution in [0.5, 0.6) is 11.5 Å². The Bertz CT molecular complexity index is 692. The van der Waals surface area contributed by atoms with Crippen molar-refractivity contribution in [2.45, 2.75) is 19.5 Å². The van der Waals surface area contributed by atoms with Crippen molar-refractivity contribution in [1.82, 2.24) is 5.32 Å². The van der Waals surface area contributed by atoms with E-state index in [4.69, 9.17) is 15.2 Å². The molecule has 1 amide bonds. The zero-order valence-electron chi connectivity index (χ0n) is 13.7. The first-order chi connectivity index (χ1) is 11.5. The van der Waals surface area contributed by atoms with Crippen LogP contribution in [0.4, 0.5) is 0 Å². The minimum absolute atomic E-state index is 0.189. The van der Waals surface area contributed by atoms with E-state index in [2.05, 4.69) is 40.3 Å². The lowest BCUT2D eigenvalue weighted by Gasteiger charge is -2.17. The number of hydrogen-bond donors (Lipinski definition) is 2. The van der Waals surface area contributed by atoms with Gasteiger partial charge in [-0.15, -0.1) is 0 Å². The predicted octanol–water partition coefficient (Wildman–Crippen LogP) is 3.17. The van der Waals surface area contributed by atoms with E-state index in [1.807, 2.05) is 24.3 Å². The fourth-order valence-electron chi connectivity index (χ4n) is 2.26. The zero-order chi connectivity index (χ0) is 17.5. The van der Waals surface area contributed by atoms with Crippen LogP contribution in [0.2, 0.25) is 0 Å². The molecule has 0 radical (unpaired) electrons. The highest BCUT2D eigenvalue weighted by molar-refractivity contribution is 9.10. The molecule has 128 valence electrons. The van der Waals surface area contributed by atoms with Gasteiger partial charge < -0.3 is 20.5 Å². The van der Waals surface area contributed by atoms with Gasteiger partial charge in [-0.3, -0.25) is 4.79 Å². The van der Waals surface area contributed by atoms with Gasteiger partial charge in [-0.25, -0.2) is 0 Å².